The molecule has 1 N–H and O–H groups in total. The molecule has 30 heavy (non-hydrogen) atoms. The third-order valence-corrected chi connectivity index (χ3v) is 4.45. The molecule has 0 aromatic heterocycles. The summed E-state index contributed by atoms with van der Waals surface area (Å²) in [6.45, 7) is 2.94. The fourth-order valence-electron chi connectivity index (χ4n) is 2.59. The van der Waals surface area contributed by atoms with Crippen LogP contribution in [-0.4, -0.2) is 49.3 Å². The number of benzene rings is 1. The van der Waals surface area contributed by atoms with Crippen molar-refractivity contribution in [2.45, 2.75) is 26.3 Å². The fourth-order valence-corrected chi connectivity index (χ4v) is 2.59. The number of nitrogens with one attached hydrogen (secondary N) is 1. The van der Waals surface area contributed by atoms with Gasteiger partial charge in [0.15, 0.2) is 18.1 Å². The Morgan fingerprint density at radius 3 is 2.57 bits per heavy atom. The smallest absolute Gasteiger partial charge is 0.331 e. The largest absolute Gasteiger partial charge is 0.467 e. The van der Waals surface area contributed by atoms with Gasteiger partial charge in [0, 0.05) is 6.08 Å². The van der Waals surface area contributed by atoms with E-state index < -0.39 is 35.4 Å². The molecule has 1 heterocycles. The van der Waals surface area contributed by atoms with Crippen molar-refractivity contribution in [3.8, 4) is 11.5 Å². The summed E-state index contributed by atoms with van der Waals surface area (Å²) >= 11 is 0. The molecule has 0 saturated carbocycles. The Hall–Kier alpha value is -3.63. The van der Waals surface area contributed by atoms with Crippen molar-refractivity contribution >= 4 is 29.6 Å². The van der Waals surface area contributed by atoms with Gasteiger partial charge in [-0.25, -0.2) is 9.59 Å². The quantitative estimate of drug-likeness (QED) is 0.271. The molecule has 0 spiro atoms. The highest BCUT2D eigenvalue weighted by molar-refractivity contribution is 5.91. The molecule has 11 heteroatoms. The maximum Gasteiger partial charge on any atom is 0.331 e. The summed E-state index contributed by atoms with van der Waals surface area (Å²) in [6, 6.07) is 1.70. The number of rotatable bonds is 9. The highest BCUT2D eigenvalue weighted by Gasteiger charge is 2.27. The SMILES string of the molecule is CCC(C)C(NC(=O)COC(=O)/C=C/c1cc2c(cc1[N+](=O)[O-])OCO2)C(=O)OC. The molecule has 2 unspecified atom stereocenters. The van der Waals surface area contributed by atoms with Gasteiger partial charge in [-0.2, -0.15) is 0 Å². The predicted octanol–water partition coefficient (Wildman–Crippen LogP) is 1.58. The normalized spacial score (nSPS) is 14.1. The van der Waals surface area contributed by atoms with E-state index in [4.69, 9.17) is 14.2 Å². The Morgan fingerprint density at radius 1 is 1.30 bits per heavy atom. The average Bonchev–Trinajstić information content (AvgIpc) is 3.20. The van der Waals surface area contributed by atoms with Crippen LogP contribution in [0.15, 0.2) is 18.2 Å². The standard InChI is InChI=1S/C19H22N2O9/c1-4-11(2)18(19(24)27-3)20-16(22)9-28-17(23)6-5-12-7-14-15(30-10-29-14)8-13(12)21(25)26/h5-8,11,18H,4,9-10H2,1-3H3,(H,20,22)/b6-5+. The third-order valence-electron chi connectivity index (χ3n) is 4.45. The van der Waals surface area contributed by atoms with Crippen LogP contribution in [0.2, 0.25) is 0 Å². The molecule has 1 aliphatic heterocycles. The lowest BCUT2D eigenvalue weighted by atomic mass is 9.99. The fraction of sp³-hybridized carbons (Fsp3) is 0.421. The zero-order valence-corrected chi connectivity index (χ0v) is 16.7. The van der Waals surface area contributed by atoms with Crippen LogP contribution in [0.25, 0.3) is 6.08 Å². The number of esters is 2. The van der Waals surface area contributed by atoms with Gasteiger partial charge in [0.2, 0.25) is 6.79 Å². The number of nitro benzene ring substituents is 1. The second-order valence-corrected chi connectivity index (χ2v) is 6.42. The van der Waals surface area contributed by atoms with Crippen molar-refractivity contribution in [2.24, 2.45) is 5.92 Å². The summed E-state index contributed by atoms with van der Waals surface area (Å²) < 4.78 is 19.8. The zero-order valence-electron chi connectivity index (χ0n) is 16.7. The van der Waals surface area contributed by atoms with Gasteiger partial charge in [0.1, 0.15) is 6.04 Å². The molecule has 1 aromatic carbocycles. The summed E-state index contributed by atoms with van der Waals surface area (Å²) in [6.07, 6.45) is 2.75. The molecule has 0 bridgehead atoms. The number of amides is 1. The first-order valence-electron chi connectivity index (χ1n) is 9.06. The van der Waals surface area contributed by atoms with Crippen molar-refractivity contribution in [2.75, 3.05) is 20.5 Å². The second-order valence-electron chi connectivity index (χ2n) is 6.42. The number of hydrogen-bond acceptors (Lipinski definition) is 9. The maximum absolute atomic E-state index is 12.0. The molecule has 0 aliphatic carbocycles. The van der Waals surface area contributed by atoms with E-state index in [0.29, 0.717) is 12.2 Å². The molecule has 1 aromatic rings. The van der Waals surface area contributed by atoms with Crippen molar-refractivity contribution < 1.29 is 38.3 Å². The molecule has 0 saturated heterocycles. The molecule has 1 amide bonds. The van der Waals surface area contributed by atoms with Gasteiger partial charge in [0.05, 0.1) is 23.7 Å². The van der Waals surface area contributed by atoms with E-state index >= 15 is 0 Å². The summed E-state index contributed by atoms with van der Waals surface area (Å²) in [4.78, 5) is 46.3. The van der Waals surface area contributed by atoms with Gasteiger partial charge in [-0.15, -0.1) is 0 Å². The number of carbonyl (C=O) groups is 3. The summed E-state index contributed by atoms with van der Waals surface area (Å²) in [5.74, 6) is -1.80. The molecule has 1 aliphatic rings. The lowest BCUT2D eigenvalue weighted by molar-refractivity contribution is -0.385. The van der Waals surface area contributed by atoms with E-state index in [0.717, 1.165) is 6.08 Å². The van der Waals surface area contributed by atoms with Gasteiger partial charge in [-0.3, -0.25) is 14.9 Å². The number of nitrogens with zero attached hydrogens (tertiary/aromatic N) is 1. The number of carbonyl (C=O) groups excluding carboxylic acids is 3. The molecule has 0 radical (unpaired) electrons. The van der Waals surface area contributed by atoms with Crippen LogP contribution in [-0.2, 0) is 23.9 Å². The minimum absolute atomic E-state index is 0.0555. The first kappa shape index (κ1) is 22.7. The van der Waals surface area contributed by atoms with Gasteiger partial charge >= 0.3 is 11.9 Å². The monoisotopic (exact) mass is 422 g/mol. The number of hydrogen-bond donors (Lipinski definition) is 1. The Morgan fingerprint density at radius 2 is 1.97 bits per heavy atom. The minimum atomic E-state index is -0.893. The third kappa shape index (κ3) is 5.69. The molecular formula is C19H22N2O9. The molecular weight excluding hydrogens is 400 g/mol. The zero-order chi connectivity index (χ0) is 22.3. The minimum Gasteiger partial charge on any atom is -0.467 e. The predicted molar refractivity (Wildman–Crippen MR) is 103 cm³/mol. The van der Waals surface area contributed by atoms with Gasteiger partial charge in [-0.1, -0.05) is 20.3 Å². The Labute approximate surface area is 172 Å². The summed E-state index contributed by atoms with van der Waals surface area (Å²) in [7, 11) is 1.21. The Balaban J connectivity index is 1.97. The van der Waals surface area contributed by atoms with Crippen LogP contribution >= 0.6 is 0 Å². The van der Waals surface area contributed by atoms with Crippen LogP contribution in [0, 0.1) is 16.0 Å². The van der Waals surface area contributed by atoms with Crippen molar-refractivity contribution in [1.29, 1.82) is 0 Å². The van der Waals surface area contributed by atoms with E-state index in [1.54, 1.807) is 6.92 Å². The summed E-state index contributed by atoms with van der Waals surface area (Å²) in [5.41, 5.74) is -0.177. The first-order chi connectivity index (χ1) is 14.3. The highest BCUT2D eigenvalue weighted by atomic mass is 16.7. The Bertz CT molecular complexity index is 866. The molecule has 162 valence electrons. The number of methoxy groups -OCH3 is 1. The molecule has 0 fully saturated rings. The van der Waals surface area contributed by atoms with E-state index in [9.17, 15) is 24.5 Å². The van der Waals surface area contributed by atoms with Gasteiger partial charge in [-0.05, 0) is 18.1 Å². The lowest BCUT2D eigenvalue weighted by Crippen LogP contribution is -2.47. The van der Waals surface area contributed by atoms with Crippen LogP contribution < -0.4 is 14.8 Å². The first-order valence-corrected chi connectivity index (χ1v) is 9.06. The van der Waals surface area contributed by atoms with Crippen LogP contribution in [0.4, 0.5) is 5.69 Å². The molecule has 2 rings (SSSR count). The number of fused-ring (bicyclic) bond motifs is 1. The highest BCUT2D eigenvalue weighted by Crippen LogP contribution is 2.38. The van der Waals surface area contributed by atoms with Crippen LogP contribution in [0.3, 0.4) is 0 Å². The lowest BCUT2D eigenvalue weighted by Gasteiger charge is -2.21. The second kappa shape index (κ2) is 10.2. The average molecular weight is 422 g/mol. The maximum atomic E-state index is 12.0. The van der Waals surface area contributed by atoms with Crippen LogP contribution in [0.5, 0.6) is 11.5 Å². The van der Waals surface area contributed by atoms with Crippen molar-refractivity contribution in [3.05, 3.63) is 33.9 Å². The number of nitro groups is 1. The number of ether oxygens (including phenoxy) is 4. The molecule has 11 nitrogen and oxygen atoms in total. The Kier molecular flexibility index (Phi) is 7.73. The van der Waals surface area contributed by atoms with Crippen molar-refractivity contribution in [3.63, 3.8) is 0 Å². The van der Waals surface area contributed by atoms with Crippen LogP contribution in [0.1, 0.15) is 25.8 Å². The topological polar surface area (TPSA) is 143 Å². The van der Waals surface area contributed by atoms with Crippen molar-refractivity contribution in [1.82, 2.24) is 5.32 Å². The van der Waals surface area contributed by atoms with E-state index in [1.807, 2.05) is 6.92 Å². The van der Waals surface area contributed by atoms with E-state index in [-0.39, 0.29) is 29.7 Å². The van der Waals surface area contributed by atoms with E-state index in [1.165, 1.54) is 25.3 Å². The molecule has 2 atom stereocenters. The van der Waals surface area contributed by atoms with E-state index in [2.05, 4.69) is 10.1 Å². The van der Waals surface area contributed by atoms with Gasteiger partial charge < -0.3 is 24.3 Å². The summed E-state index contributed by atoms with van der Waals surface area (Å²) in [5, 5.41) is 13.7. The van der Waals surface area contributed by atoms with Gasteiger partial charge in [0.25, 0.3) is 11.6 Å².